The standard InChI is InChI=1S/C15H11ClN4/c16-10-5-6-13(11(18)9-10)20-14-4-2-1-3-12(14)19-15(20)7-8-17/h1-6,9H,7,18H2. The average Bonchev–Trinajstić information content (AvgIpc) is 2.78. The van der Waals surface area contributed by atoms with Gasteiger partial charge in [-0.25, -0.2) is 4.98 Å². The van der Waals surface area contributed by atoms with E-state index in [0.717, 1.165) is 16.7 Å². The minimum absolute atomic E-state index is 0.219. The van der Waals surface area contributed by atoms with Crippen LogP contribution in [0.3, 0.4) is 0 Å². The highest BCUT2D eigenvalue weighted by Gasteiger charge is 2.13. The monoisotopic (exact) mass is 282 g/mol. The van der Waals surface area contributed by atoms with Crippen LogP contribution in [-0.4, -0.2) is 9.55 Å². The maximum absolute atomic E-state index is 8.97. The molecule has 0 spiro atoms. The summed E-state index contributed by atoms with van der Waals surface area (Å²) >= 11 is 5.94. The zero-order chi connectivity index (χ0) is 14.1. The number of rotatable bonds is 2. The molecule has 20 heavy (non-hydrogen) atoms. The number of para-hydroxylation sites is 2. The van der Waals surface area contributed by atoms with Crippen LogP contribution in [0.4, 0.5) is 5.69 Å². The minimum Gasteiger partial charge on any atom is -0.397 e. The van der Waals surface area contributed by atoms with Crippen molar-refractivity contribution in [3.63, 3.8) is 0 Å². The number of hydrogen-bond acceptors (Lipinski definition) is 3. The van der Waals surface area contributed by atoms with Gasteiger partial charge >= 0.3 is 0 Å². The molecule has 98 valence electrons. The van der Waals surface area contributed by atoms with Crippen LogP contribution in [0.15, 0.2) is 42.5 Å². The number of imidazole rings is 1. The second kappa shape index (κ2) is 4.87. The van der Waals surface area contributed by atoms with E-state index < -0.39 is 0 Å². The van der Waals surface area contributed by atoms with Crippen LogP contribution in [0.25, 0.3) is 16.7 Å². The predicted octanol–water partition coefficient (Wildman–Crippen LogP) is 3.33. The van der Waals surface area contributed by atoms with Gasteiger partial charge in [0.1, 0.15) is 5.82 Å². The molecule has 0 fully saturated rings. The molecule has 4 nitrogen and oxygen atoms in total. The van der Waals surface area contributed by atoms with Crippen molar-refractivity contribution < 1.29 is 0 Å². The van der Waals surface area contributed by atoms with Gasteiger partial charge in [-0.1, -0.05) is 23.7 Å². The molecule has 2 N–H and O–H groups in total. The van der Waals surface area contributed by atoms with Gasteiger partial charge in [-0.2, -0.15) is 5.26 Å². The Labute approximate surface area is 121 Å². The van der Waals surface area contributed by atoms with E-state index in [1.165, 1.54) is 0 Å². The number of fused-ring (bicyclic) bond motifs is 1. The van der Waals surface area contributed by atoms with Gasteiger partial charge in [-0.05, 0) is 30.3 Å². The number of nitrogen functional groups attached to an aromatic ring is 1. The van der Waals surface area contributed by atoms with Crippen LogP contribution in [0, 0.1) is 11.3 Å². The van der Waals surface area contributed by atoms with Crippen molar-refractivity contribution >= 4 is 28.3 Å². The highest BCUT2D eigenvalue weighted by atomic mass is 35.5. The fraction of sp³-hybridized carbons (Fsp3) is 0.0667. The summed E-state index contributed by atoms with van der Waals surface area (Å²) in [7, 11) is 0. The van der Waals surface area contributed by atoms with E-state index in [9.17, 15) is 0 Å². The largest absolute Gasteiger partial charge is 0.397 e. The van der Waals surface area contributed by atoms with Crippen LogP contribution in [0.2, 0.25) is 5.02 Å². The Kier molecular flexibility index (Phi) is 3.05. The molecule has 2 aromatic carbocycles. The number of benzene rings is 2. The summed E-state index contributed by atoms with van der Waals surface area (Å²) < 4.78 is 1.91. The quantitative estimate of drug-likeness (QED) is 0.733. The third kappa shape index (κ3) is 1.98. The molecular weight excluding hydrogens is 272 g/mol. The first-order valence-corrected chi connectivity index (χ1v) is 6.47. The Hall–Kier alpha value is -2.51. The lowest BCUT2D eigenvalue weighted by Gasteiger charge is -2.11. The third-order valence-corrected chi connectivity index (χ3v) is 3.33. The van der Waals surface area contributed by atoms with Gasteiger partial charge < -0.3 is 5.73 Å². The Morgan fingerprint density at radius 3 is 2.80 bits per heavy atom. The average molecular weight is 283 g/mol. The van der Waals surface area contributed by atoms with E-state index in [2.05, 4.69) is 11.1 Å². The van der Waals surface area contributed by atoms with Crippen molar-refractivity contribution in [1.82, 2.24) is 9.55 Å². The van der Waals surface area contributed by atoms with E-state index in [0.29, 0.717) is 16.5 Å². The number of halogens is 1. The smallest absolute Gasteiger partial charge is 0.128 e. The predicted molar refractivity (Wildman–Crippen MR) is 79.8 cm³/mol. The van der Waals surface area contributed by atoms with Crippen LogP contribution >= 0.6 is 11.6 Å². The lowest BCUT2D eigenvalue weighted by atomic mass is 10.2. The fourth-order valence-corrected chi connectivity index (χ4v) is 2.44. The molecule has 3 rings (SSSR count). The van der Waals surface area contributed by atoms with Crippen molar-refractivity contribution in [2.75, 3.05) is 5.73 Å². The first-order chi connectivity index (χ1) is 9.70. The van der Waals surface area contributed by atoms with Crippen LogP contribution < -0.4 is 5.73 Å². The lowest BCUT2D eigenvalue weighted by Crippen LogP contribution is -2.04. The Morgan fingerprint density at radius 1 is 1.25 bits per heavy atom. The van der Waals surface area contributed by atoms with E-state index >= 15 is 0 Å². The lowest BCUT2D eigenvalue weighted by molar-refractivity contribution is 0.956. The number of nitrogens with zero attached hydrogens (tertiary/aromatic N) is 3. The zero-order valence-electron chi connectivity index (χ0n) is 10.5. The molecule has 3 aromatic rings. The van der Waals surface area contributed by atoms with Gasteiger partial charge in [0.05, 0.1) is 34.9 Å². The van der Waals surface area contributed by atoms with Crippen LogP contribution in [-0.2, 0) is 6.42 Å². The molecule has 0 aliphatic rings. The first-order valence-electron chi connectivity index (χ1n) is 6.09. The van der Waals surface area contributed by atoms with Gasteiger partial charge in [0, 0.05) is 5.02 Å². The van der Waals surface area contributed by atoms with Gasteiger partial charge in [-0.3, -0.25) is 4.57 Å². The van der Waals surface area contributed by atoms with Gasteiger partial charge in [0.15, 0.2) is 0 Å². The molecule has 0 saturated heterocycles. The summed E-state index contributed by atoms with van der Waals surface area (Å²) in [6.45, 7) is 0. The van der Waals surface area contributed by atoms with Crippen molar-refractivity contribution in [3.8, 4) is 11.8 Å². The zero-order valence-corrected chi connectivity index (χ0v) is 11.3. The van der Waals surface area contributed by atoms with E-state index in [4.69, 9.17) is 22.6 Å². The van der Waals surface area contributed by atoms with E-state index in [-0.39, 0.29) is 6.42 Å². The van der Waals surface area contributed by atoms with Crippen molar-refractivity contribution in [2.24, 2.45) is 0 Å². The van der Waals surface area contributed by atoms with E-state index in [1.54, 1.807) is 12.1 Å². The van der Waals surface area contributed by atoms with Gasteiger partial charge in [0.25, 0.3) is 0 Å². The summed E-state index contributed by atoms with van der Waals surface area (Å²) in [5.41, 5.74) is 9.16. The summed E-state index contributed by atoms with van der Waals surface area (Å²) in [4.78, 5) is 4.49. The third-order valence-electron chi connectivity index (χ3n) is 3.10. The maximum Gasteiger partial charge on any atom is 0.128 e. The number of nitriles is 1. The van der Waals surface area contributed by atoms with E-state index in [1.807, 2.05) is 34.9 Å². The molecule has 5 heteroatoms. The van der Waals surface area contributed by atoms with Gasteiger partial charge in [-0.15, -0.1) is 0 Å². The summed E-state index contributed by atoms with van der Waals surface area (Å²) in [6.07, 6.45) is 0.219. The number of anilines is 1. The van der Waals surface area contributed by atoms with Crippen molar-refractivity contribution in [1.29, 1.82) is 5.26 Å². The summed E-state index contributed by atoms with van der Waals surface area (Å²) in [6, 6.07) is 15.2. The number of hydrogen-bond donors (Lipinski definition) is 1. The van der Waals surface area contributed by atoms with Crippen LogP contribution in [0.1, 0.15) is 5.82 Å². The molecule has 0 atom stereocenters. The highest BCUT2D eigenvalue weighted by Crippen LogP contribution is 2.27. The Balaban J connectivity index is 2.33. The fourth-order valence-electron chi connectivity index (χ4n) is 2.26. The molecule has 0 unspecified atom stereocenters. The SMILES string of the molecule is N#CCc1nc2ccccc2n1-c1ccc(Cl)cc1N. The first kappa shape index (κ1) is 12.5. The molecule has 0 aliphatic heterocycles. The van der Waals surface area contributed by atoms with Crippen molar-refractivity contribution in [2.45, 2.75) is 6.42 Å². The number of aromatic nitrogens is 2. The molecule has 1 heterocycles. The molecule has 0 radical (unpaired) electrons. The normalized spacial score (nSPS) is 10.6. The Bertz CT molecular complexity index is 829. The molecular formula is C15H11ClN4. The number of nitrogens with two attached hydrogens (primary N) is 1. The minimum atomic E-state index is 0.219. The molecule has 1 aromatic heterocycles. The maximum atomic E-state index is 8.97. The molecule has 0 saturated carbocycles. The van der Waals surface area contributed by atoms with Gasteiger partial charge in [0.2, 0.25) is 0 Å². The second-order valence-electron chi connectivity index (χ2n) is 4.39. The molecule has 0 bridgehead atoms. The summed E-state index contributed by atoms with van der Waals surface area (Å²) in [5, 5.41) is 9.55. The summed E-state index contributed by atoms with van der Waals surface area (Å²) in [5.74, 6) is 0.669. The second-order valence-corrected chi connectivity index (χ2v) is 4.83. The molecule has 0 aliphatic carbocycles. The molecule has 0 amide bonds. The highest BCUT2D eigenvalue weighted by molar-refractivity contribution is 6.30. The topological polar surface area (TPSA) is 67.6 Å². The Morgan fingerprint density at radius 2 is 2.05 bits per heavy atom. The van der Waals surface area contributed by atoms with Crippen LogP contribution in [0.5, 0.6) is 0 Å². The van der Waals surface area contributed by atoms with Crippen molar-refractivity contribution in [3.05, 3.63) is 53.3 Å².